The van der Waals surface area contributed by atoms with Crippen LogP contribution in [0.25, 0.3) is 0 Å². The molecule has 4 aliphatic rings. The van der Waals surface area contributed by atoms with Crippen molar-refractivity contribution in [1.29, 1.82) is 0 Å². The SMILES string of the molecule is CC(C)C[C@H](NC(=O)CC(NC(=O)c1cnccn1)c1cccc(F)c1)B1O[C@@H]2C[C@@H]3C[C@@H](C3(C)C)[C@]2(C)O1. The summed E-state index contributed by atoms with van der Waals surface area (Å²) in [5.41, 5.74) is 0.441. The zero-order valence-corrected chi connectivity index (χ0v) is 23.3. The topological polar surface area (TPSA) is 102 Å². The highest BCUT2D eigenvalue weighted by atomic mass is 19.1. The fourth-order valence-corrected chi connectivity index (χ4v) is 6.89. The van der Waals surface area contributed by atoms with E-state index in [0.29, 0.717) is 29.7 Å². The van der Waals surface area contributed by atoms with E-state index in [-0.39, 0.29) is 41.1 Å². The van der Waals surface area contributed by atoms with Crippen LogP contribution < -0.4 is 10.6 Å². The van der Waals surface area contributed by atoms with Crippen LogP contribution in [0, 0.1) is 29.0 Å². The second-order valence-corrected chi connectivity index (χ2v) is 12.5. The standard InChI is InChI=1S/C29H38BFN4O4/c1-17(2)11-25(30-38-24-14-19-13-23(28(19,3)4)29(24,5)39-30)35-26(36)15-21(18-7-6-8-20(31)12-18)34-27(37)22-16-32-9-10-33-22/h6-10,12,16-17,19,21,23-25H,11,13-15H2,1-5H3,(H,34,37)(H,35,36)/t19-,21?,23-,24+,25-,29-/m0/s1. The van der Waals surface area contributed by atoms with Gasteiger partial charge in [0.1, 0.15) is 11.5 Å². The number of aromatic nitrogens is 2. The van der Waals surface area contributed by atoms with E-state index >= 15 is 0 Å². The van der Waals surface area contributed by atoms with Crippen LogP contribution in [0.3, 0.4) is 0 Å². The highest BCUT2D eigenvalue weighted by molar-refractivity contribution is 6.47. The smallest absolute Gasteiger partial charge is 0.404 e. The van der Waals surface area contributed by atoms with Gasteiger partial charge in [0.2, 0.25) is 5.91 Å². The molecule has 4 fully saturated rings. The third-order valence-corrected chi connectivity index (χ3v) is 9.11. The molecular formula is C29H38BFN4O4. The number of nitrogens with one attached hydrogen (secondary N) is 2. The number of benzene rings is 1. The number of hydrogen-bond acceptors (Lipinski definition) is 6. The van der Waals surface area contributed by atoms with Crippen molar-refractivity contribution in [3.05, 3.63) is 59.9 Å². The summed E-state index contributed by atoms with van der Waals surface area (Å²) in [7, 11) is -0.552. The lowest BCUT2D eigenvalue weighted by Gasteiger charge is -2.64. The Balaban J connectivity index is 1.31. The Labute approximate surface area is 230 Å². The van der Waals surface area contributed by atoms with Crippen LogP contribution in [-0.2, 0) is 14.1 Å². The molecule has 2 bridgehead atoms. The van der Waals surface area contributed by atoms with Gasteiger partial charge in [0.25, 0.3) is 5.91 Å². The maximum absolute atomic E-state index is 14.1. The minimum atomic E-state index is -0.770. The largest absolute Gasteiger partial charge is 0.481 e. The summed E-state index contributed by atoms with van der Waals surface area (Å²) >= 11 is 0. The predicted octanol–water partition coefficient (Wildman–Crippen LogP) is 4.28. The Morgan fingerprint density at radius 1 is 1.18 bits per heavy atom. The van der Waals surface area contributed by atoms with Crippen molar-refractivity contribution in [3.8, 4) is 0 Å². The zero-order chi connectivity index (χ0) is 27.9. The maximum Gasteiger partial charge on any atom is 0.481 e. The summed E-state index contributed by atoms with van der Waals surface area (Å²) in [6, 6.07) is 5.12. The molecule has 6 atom stereocenters. The van der Waals surface area contributed by atoms with E-state index in [1.165, 1.54) is 30.7 Å². The predicted molar refractivity (Wildman–Crippen MR) is 145 cm³/mol. The van der Waals surface area contributed by atoms with Crippen molar-refractivity contribution < 1.29 is 23.3 Å². The first-order chi connectivity index (χ1) is 18.5. The van der Waals surface area contributed by atoms with E-state index in [9.17, 15) is 14.0 Å². The van der Waals surface area contributed by atoms with Gasteiger partial charge in [-0.25, -0.2) is 9.37 Å². The van der Waals surface area contributed by atoms with Crippen molar-refractivity contribution in [2.75, 3.05) is 0 Å². The highest BCUT2D eigenvalue weighted by Crippen LogP contribution is 2.65. The van der Waals surface area contributed by atoms with Crippen LogP contribution in [-0.4, -0.2) is 46.5 Å². The minimum Gasteiger partial charge on any atom is -0.404 e. The first-order valence-corrected chi connectivity index (χ1v) is 13.9. The molecule has 1 aromatic heterocycles. The molecule has 0 spiro atoms. The first-order valence-electron chi connectivity index (χ1n) is 13.9. The Morgan fingerprint density at radius 3 is 2.64 bits per heavy atom. The Morgan fingerprint density at radius 2 is 1.97 bits per heavy atom. The summed E-state index contributed by atoms with van der Waals surface area (Å²) in [5.74, 6) is -0.248. The van der Waals surface area contributed by atoms with Gasteiger partial charge in [-0.2, -0.15) is 0 Å². The average Bonchev–Trinajstić information content (AvgIpc) is 3.25. The van der Waals surface area contributed by atoms with Crippen molar-refractivity contribution >= 4 is 18.9 Å². The van der Waals surface area contributed by atoms with Gasteiger partial charge in [-0.3, -0.25) is 14.6 Å². The lowest BCUT2D eigenvalue weighted by molar-refractivity contribution is -0.199. The van der Waals surface area contributed by atoms with Crippen LogP contribution in [0.1, 0.15) is 82.4 Å². The van der Waals surface area contributed by atoms with Gasteiger partial charge < -0.3 is 19.9 Å². The summed E-state index contributed by atoms with van der Waals surface area (Å²) in [6.07, 6.45) is 6.95. The minimum absolute atomic E-state index is 0.0113. The number of rotatable bonds is 9. The van der Waals surface area contributed by atoms with Crippen molar-refractivity contribution in [1.82, 2.24) is 20.6 Å². The molecule has 1 unspecified atom stereocenters. The third kappa shape index (κ3) is 5.46. The van der Waals surface area contributed by atoms with E-state index in [4.69, 9.17) is 9.31 Å². The van der Waals surface area contributed by atoms with Crippen LogP contribution in [0.5, 0.6) is 0 Å². The number of carbonyl (C=O) groups excluding carboxylic acids is 2. The van der Waals surface area contributed by atoms with E-state index in [1.54, 1.807) is 12.1 Å². The van der Waals surface area contributed by atoms with Gasteiger partial charge in [-0.05, 0) is 67.1 Å². The molecule has 2 amide bonds. The molecule has 1 aliphatic heterocycles. The zero-order valence-electron chi connectivity index (χ0n) is 23.3. The monoisotopic (exact) mass is 536 g/mol. The molecule has 3 aliphatic carbocycles. The third-order valence-electron chi connectivity index (χ3n) is 9.11. The number of nitrogens with zero attached hydrogens (tertiary/aromatic N) is 2. The van der Waals surface area contributed by atoms with Gasteiger partial charge in [0.15, 0.2) is 0 Å². The van der Waals surface area contributed by atoms with E-state index in [1.807, 2.05) is 0 Å². The van der Waals surface area contributed by atoms with Crippen molar-refractivity contribution in [2.45, 2.75) is 84.0 Å². The maximum atomic E-state index is 14.1. The number of amides is 2. The second kappa shape index (κ2) is 10.6. The molecule has 0 radical (unpaired) electrons. The Hall–Kier alpha value is -2.85. The first kappa shape index (κ1) is 27.7. The number of carbonyl (C=O) groups is 2. The summed E-state index contributed by atoms with van der Waals surface area (Å²) in [4.78, 5) is 34.3. The van der Waals surface area contributed by atoms with E-state index in [0.717, 1.165) is 12.8 Å². The van der Waals surface area contributed by atoms with Crippen LogP contribution in [0.4, 0.5) is 4.39 Å². The molecule has 3 saturated carbocycles. The second-order valence-electron chi connectivity index (χ2n) is 12.5. The normalized spacial score (nSPS) is 28.3. The quantitative estimate of drug-likeness (QED) is 0.464. The van der Waals surface area contributed by atoms with Gasteiger partial charge in [0.05, 0.1) is 36.3 Å². The molecule has 1 saturated heterocycles. The summed E-state index contributed by atoms with van der Waals surface area (Å²) in [5, 5.41) is 5.96. The molecule has 2 heterocycles. The fraction of sp³-hybridized carbons (Fsp3) is 0.586. The molecule has 39 heavy (non-hydrogen) atoms. The Kier molecular flexibility index (Phi) is 7.54. The molecule has 6 rings (SSSR count). The van der Waals surface area contributed by atoms with E-state index in [2.05, 4.69) is 55.2 Å². The molecule has 10 heteroatoms. The van der Waals surface area contributed by atoms with Crippen LogP contribution >= 0.6 is 0 Å². The molecule has 208 valence electrons. The van der Waals surface area contributed by atoms with Gasteiger partial charge in [-0.15, -0.1) is 0 Å². The summed E-state index contributed by atoms with van der Waals surface area (Å²) < 4.78 is 27.2. The summed E-state index contributed by atoms with van der Waals surface area (Å²) in [6.45, 7) is 11.0. The van der Waals surface area contributed by atoms with Crippen LogP contribution in [0.15, 0.2) is 42.9 Å². The average molecular weight is 536 g/mol. The van der Waals surface area contributed by atoms with Gasteiger partial charge in [-0.1, -0.05) is 39.8 Å². The van der Waals surface area contributed by atoms with Gasteiger partial charge >= 0.3 is 7.12 Å². The van der Waals surface area contributed by atoms with E-state index < -0.39 is 24.9 Å². The highest BCUT2D eigenvalue weighted by Gasteiger charge is 2.68. The van der Waals surface area contributed by atoms with Crippen molar-refractivity contribution in [3.63, 3.8) is 0 Å². The molecule has 2 aromatic rings. The van der Waals surface area contributed by atoms with Crippen molar-refractivity contribution in [2.24, 2.45) is 23.2 Å². The van der Waals surface area contributed by atoms with Crippen LogP contribution in [0.2, 0.25) is 0 Å². The lowest BCUT2D eigenvalue weighted by atomic mass is 9.43. The molecule has 2 N–H and O–H groups in total. The fourth-order valence-electron chi connectivity index (χ4n) is 6.89. The molecular weight excluding hydrogens is 498 g/mol. The Bertz CT molecular complexity index is 1210. The molecule has 8 nitrogen and oxygen atoms in total. The molecule has 1 aromatic carbocycles. The number of halogens is 1. The van der Waals surface area contributed by atoms with Gasteiger partial charge in [0, 0.05) is 12.4 Å². The lowest BCUT2D eigenvalue weighted by Crippen LogP contribution is -2.65. The number of hydrogen-bond donors (Lipinski definition) is 2.